The lowest BCUT2D eigenvalue weighted by molar-refractivity contribution is -0.135. The second kappa shape index (κ2) is 7.07. The molecule has 21 heavy (non-hydrogen) atoms. The van der Waals surface area contributed by atoms with Crippen LogP contribution in [0.25, 0.3) is 0 Å². The Kier molecular flexibility index (Phi) is 5.39. The average Bonchev–Trinajstić information content (AvgIpc) is 2.89. The van der Waals surface area contributed by atoms with Crippen molar-refractivity contribution in [3.05, 3.63) is 21.9 Å². The Bertz CT molecular complexity index is 512. The Morgan fingerprint density at radius 2 is 2.05 bits per heavy atom. The summed E-state index contributed by atoms with van der Waals surface area (Å²) in [5.74, 6) is 0.204. The summed E-state index contributed by atoms with van der Waals surface area (Å²) in [6.07, 6.45) is 2.29. The molecule has 0 saturated carbocycles. The number of nitrogens with one attached hydrogen (secondary N) is 1. The van der Waals surface area contributed by atoms with Gasteiger partial charge in [0.1, 0.15) is 6.04 Å². The van der Waals surface area contributed by atoms with E-state index in [9.17, 15) is 9.59 Å². The minimum atomic E-state index is -0.379. The van der Waals surface area contributed by atoms with Gasteiger partial charge in [-0.15, -0.1) is 11.3 Å². The van der Waals surface area contributed by atoms with Gasteiger partial charge >= 0.3 is 0 Å². The highest BCUT2D eigenvalue weighted by atomic mass is 32.1. The standard InChI is InChI=1S/C16H24N2O2S/c1-4-11(3)15-16(20)18(9-8-14(19)17-15)10-13-7-6-12(5-2)21-13/h6-7,11,15H,4-5,8-10H2,1-3H3,(H,17,19). The van der Waals surface area contributed by atoms with E-state index < -0.39 is 0 Å². The molecule has 2 atom stereocenters. The predicted molar refractivity (Wildman–Crippen MR) is 85.1 cm³/mol. The maximum Gasteiger partial charge on any atom is 0.245 e. The molecule has 0 bridgehead atoms. The summed E-state index contributed by atoms with van der Waals surface area (Å²) in [5, 5.41) is 2.88. The van der Waals surface area contributed by atoms with Gasteiger partial charge in [0, 0.05) is 22.7 Å². The Labute approximate surface area is 130 Å². The summed E-state index contributed by atoms with van der Waals surface area (Å²) in [4.78, 5) is 28.9. The van der Waals surface area contributed by atoms with Gasteiger partial charge in [-0.2, -0.15) is 0 Å². The molecular formula is C16H24N2O2S. The number of hydrogen-bond acceptors (Lipinski definition) is 3. The average molecular weight is 308 g/mol. The van der Waals surface area contributed by atoms with Crippen molar-refractivity contribution < 1.29 is 9.59 Å². The normalized spacial score (nSPS) is 21.1. The highest BCUT2D eigenvalue weighted by molar-refractivity contribution is 7.11. The first kappa shape index (κ1) is 16.0. The van der Waals surface area contributed by atoms with Crippen molar-refractivity contribution in [2.75, 3.05) is 6.54 Å². The number of hydrogen-bond donors (Lipinski definition) is 1. The van der Waals surface area contributed by atoms with E-state index in [1.807, 2.05) is 18.7 Å². The SMILES string of the molecule is CCc1ccc(CN2CCC(=O)NC(C(C)CC)C2=O)s1. The molecule has 4 nitrogen and oxygen atoms in total. The molecule has 1 aromatic rings. The van der Waals surface area contributed by atoms with Crippen LogP contribution in [0.4, 0.5) is 0 Å². The number of rotatable bonds is 5. The molecule has 0 aliphatic carbocycles. The summed E-state index contributed by atoms with van der Waals surface area (Å²) in [5.41, 5.74) is 0. The Hall–Kier alpha value is -1.36. The highest BCUT2D eigenvalue weighted by Crippen LogP contribution is 2.21. The number of carbonyl (C=O) groups is 2. The van der Waals surface area contributed by atoms with E-state index in [-0.39, 0.29) is 23.8 Å². The molecule has 1 fully saturated rings. The van der Waals surface area contributed by atoms with Crippen LogP contribution in [0.3, 0.4) is 0 Å². The minimum Gasteiger partial charge on any atom is -0.344 e. The van der Waals surface area contributed by atoms with Crippen LogP contribution in [-0.4, -0.2) is 29.3 Å². The van der Waals surface area contributed by atoms with Gasteiger partial charge in [0.2, 0.25) is 11.8 Å². The maximum atomic E-state index is 12.7. The molecule has 2 unspecified atom stereocenters. The van der Waals surface area contributed by atoms with E-state index in [1.54, 1.807) is 11.3 Å². The molecule has 2 heterocycles. The van der Waals surface area contributed by atoms with Crippen LogP contribution < -0.4 is 5.32 Å². The number of carbonyl (C=O) groups excluding carboxylic acids is 2. The molecule has 1 saturated heterocycles. The summed E-state index contributed by atoms with van der Waals surface area (Å²) >= 11 is 1.75. The molecule has 1 aliphatic rings. The van der Waals surface area contributed by atoms with E-state index in [4.69, 9.17) is 0 Å². The third-order valence-corrected chi connectivity index (χ3v) is 5.34. The first-order valence-corrected chi connectivity index (χ1v) is 8.52. The number of thiophene rings is 1. The zero-order chi connectivity index (χ0) is 15.4. The Morgan fingerprint density at radius 3 is 2.67 bits per heavy atom. The molecule has 1 aliphatic heterocycles. The minimum absolute atomic E-state index is 0.0171. The lowest BCUT2D eigenvalue weighted by atomic mass is 9.98. The third kappa shape index (κ3) is 3.84. The van der Waals surface area contributed by atoms with Gasteiger partial charge in [0.15, 0.2) is 0 Å². The Morgan fingerprint density at radius 1 is 1.33 bits per heavy atom. The summed E-state index contributed by atoms with van der Waals surface area (Å²) in [6.45, 7) is 7.33. The summed E-state index contributed by atoms with van der Waals surface area (Å²) in [7, 11) is 0. The van der Waals surface area contributed by atoms with Crippen molar-refractivity contribution in [2.45, 2.75) is 52.6 Å². The number of amides is 2. The van der Waals surface area contributed by atoms with Crippen LogP contribution >= 0.6 is 11.3 Å². The van der Waals surface area contributed by atoms with E-state index in [0.29, 0.717) is 19.5 Å². The molecule has 2 rings (SSSR count). The topological polar surface area (TPSA) is 49.4 Å². The fourth-order valence-electron chi connectivity index (χ4n) is 2.51. The molecule has 1 N–H and O–H groups in total. The van der Waals surface area contributed by atoms with Crippen LogP contribution in [0.2, 0.25) is 0 Å². The van der Waals surface area contributed by atoms with Gasteiger partial charge in [0.25, 0.3) is 0 Å². The zero-order valence-electron chi connectivity index (χ0n) is 13.0. The molecular weight excluding hydrogens is 284 g/mol. The smallest absolute Gasteiger partial charge is 0.245 e. The fraction of sp³-hybridized carbons (Fsp3) is 0.625. The van der Waals surface area contributed by atoms with Crippen molar-refractivity contribution in [1.29, 1.82) is 0 Å². The van der Waals surface area contributed by atoms with Crippen LogP contribution in [0.15, 0.2) is 12.1 Å². The molecule has 116 valence electrons. The first-order chi connectivity index (χ1) is 10.0. The second-order valence-electron chi connectivity index (χ2n) is 5.66. The quantitative estimate of drug-likeness (QED) is 0.909. The van der Waals surface area contributed by atoms with Gasteiger partial charge in [0.05, 0.1) is 6.54 Å². The maximum absolute atomic E-state index is 12.7. The van der Waals surface area contributed by atoms with Crippen molar-refractivity contribution in [3.63, 3.8) is 0 Å². The molecule has 0 aromatic carbocycles. The largest absolute Gasteiger partial charge is 0.344 e. The van der Waals surface area contributed by atoms with Crippen LogP contribution in [-0.2, 0) is 22.6 Å². The summed E-state index contributed by atoms with van der Waals surface area (Å²) < 4.78 is 0. The van der Waals surface area contributed by atoms with E-state index in [0.717, 1.165) is 12.8 Å². The van der Waals surface area contributed by atoms with Crippen LogP contribution in [0, 0.1) is 5.92 Å². The van der Waals surface area contributed by atoms with Crippen molar-refractivity contribution in [1.82, 2.24) is 10.2 Å². The Balaban J connectivity index is 2.13. The lowest BCUT2D eigenvalue weighted by Crippen LogP contribution is -2.48. The van der Waals surface area contributed by atoms with Crippen molar-refractivity contribution >= 4 is 23.2 Å². The highest BCUT2D eigenvalue weighted by Gasteiger charge is 2.32. The van der Waals surface area contributed by atoms with Crippen LogP contribution in [0.1, 0.15) is 43.4 Å². The van der Waals surface area contributed by atoms with E-state index in [2.05, 4.69) is 24.4 Å². The second-order valence-corrected chi connectivity index (χ2v) is 6.91. The van der Waals surface area contributed by atoms with Gasteiger partial charge in [-0.25, -0.2) is 0 Å². The number of aryl methyl sites for hydroxylation is 1. The first-order valence-electron chi connectivity index (χ1n) is 7.70. The van der Waals surface area contributed by atoms with Gasteiger partial charge in [-0.3, -0.25) is 9.59 Å². The van der Waals surface area contributed by atoms with Crippen molar-refractivity contribution in [3.8, 4) is 0 Å². The van der Waals surface area contributed by atoms with E-state index in [1.165, 1.54) is 9.75 Å². The molecule has 1 aromatic heterocycles. The molecule has 0 spiro atoms. The zero-order valence-corrected chi connectivity index (χ0v) is 13.8. The molecule has 5 heteroatoms. The van der Waals surface area contributed by atoms with Gasteiger partial charge < -0.3 is 10.2 Å². The van der Waals surface area contributed by atoms with Crippen LogP contribution in [0.5, 0.6) is 0 Å². The third-order valence-electron chi connectivity index (χ3n) is 4.13. The fourth-order valence-corrected chi connectivity index (χ4v) is 3.49. The van der Waals surface area contributed by atoms with Crippen molar-refractivity contribution in [2.24, 2.45) is 5.92 Å². The lowest BCUT2D eigenvalue weighted by Gasteiger charge is -2.26. The number of nitrogens with zero attached hydrogens (tertiary/aromatic N) is 1. The molecule has 0 radical (unpaired) electrons. The van der Waals surface area contributed by atoms with Gasteiger partial charge in [-0.1, -0.05) is 27.2 Å². The monoisotopic (exact) mass is 308 g/mol. The predicted octanol–water partition coefficient (Wildman–Crippen LogP) is 2.57. The van der Waals surface area contributed by atoms with Gasteiger partial charge in [-0.05, 0) is 24.5 Å². The summed E-state index contributed by atoms with van der Waals surface area (Å²) in [6, 6.07) is 3.84. The van der Waals surface area contributed by atoms with E-state index >= 15 is 0 Å². The molecule has 2 amide bonds.